The number of alkyl halides is 6. The van der Waals surface area contributed by atoms with E-state index in [1.807, 2.05) is 0 Å². The predicted octanol–water partition coefficient (Wildman–Crippen LogP) is 3.95. The van der Waals surface area contributed by atoms with Gasteiger partial charge in [-0.1, -0.05) is 0 Å². The number of nitrogens with zero attached hydrogens (tertiary/aromatic N) is 2. The van der Waals surface area contributed by atoms with Gasteiger partial charge >= 0.3 is 12.4 Å². The van der Waals surface area contributed by atoms with Crippen LogP contribution in [0.4, 0.5) is 38.0 Å². The fourth-order valence-corrected chi connectivity index (χ4v) is 3.07. The molecule has 13 heteroatoms. The number of halogens is 6. The van der Waals surface area contributed by atoms with Crippen molar-refractivity contribution in [2.24, 2.45) is 0 Å². The summed E-state index contributed by atoms with van der Waals surface area (Å²) in [6.45, 7) is 0. The lowest BCUT2D eigenvalue weighted by Crippen LogP contribution is -2.41. The molecule has 1 aromatic heterocycles. The van der Waals surface area contributed by atoms with Crippen LogP contribution >= 0.6 is 0 Å². The van der Waals surface area contributed by atoms with Gasteiger partial charge in [-0.2, -0.15) is 31.3 Å². The molecule has 0 spiro atoms. The zero-order valence-corrected chi connectivity index (χ0v) is 15.2. The van der Waals surface area contributed by atoms with Crippen LogP contribution in [0, 0.1) is 10.8 Å². The van der Waals surface area contributed by atoms with Crippen LogP contribution in [-0.2, 0) is 17.3 Å². The maximum atomic E-state index is 12.8. The van der Waals surface area contributed by atoms with Gasteiger partial charge in [0.1, 0.15) is 0 Å². The van der Waals surface area contributed by atoms with E-state index in [9.17, 15) is 26.3 Å². The monoisotopic (exact) mass is 442 g/mol. The molecule has 31 heavy (non-hydrogen) atoms. The van der Waals surface area contributed by atoms with Crippen molar-refractivity contribution in [3.05, 3.63) is 70.6 Å². The summed E-state index contributed by atoms with van der Waals surface area (Å²) in [6, 6.07) is 7.84. The lowest BCUT2D eigenvalue weighted by molar-refractivity contribution is -0.138. The SMILES string of the molecule is N=c1c(=N)n(-c2ccc(C(F)(F)F)cc2)c2c(n1-c1ccc(C(F)(F)F)cc1)NON2. The van der Waals surface area contributed by atoms with Gasteiger partial charge in [0.2, 0.25) is 0 Å². The van der Waals surface area contributed by atoms with Gasteiger partial charge in [-0.05, 0) is 48.5 Å². The number of anilines is 2. The molecule has 7 nitrogen and oxygen atoms in total. The number of rotatable bonds is 2. The molecule has 0 saturated carbocycles. The van der Waals surface area contributed by atoms with E-state index >= 15 is 0 Å². The standard InChI is InChI=1S/C18H12F6N6O/c19-17(20,21)9-1-5-11(6-2-9)29-13(25)14(26)30(16-15(29)27-31-28-16)12-7-3-10(4-8-12)18(22,23)24/h1-8,25-28H. The van der Waals surface area contributed by atoms with Crippen molar-refractivity contribution in [2.45, 2.75) is 12.4 Å². The van der Waals surface area contributed by atoms with Gasteiger partial charge < -0.3 is 0 Å². The van der Waals surface area contributed by atoms with Gasteiger partial charge in [-0.3, -0.25) is 20.0 Å². The quantitative estimate of drug-likeness (QED) is 0.453. The lowest BCUT2D eigenvalue weighted by Gasteiger charge is -2.18. The molecule has 1 aliphatic rings. The van der Waals surface area contributed by atoms with Gasteiger partial charge in [0.15, 0.2) is 22.6 Å². The van der Waals surface area contributed by atoms with Crippen molar-refractivity contribution in [2.75, 3.05) is 11.0 Å². The smallest absolute Gasteiger partial charge is 0.281 e. The molecule has 0 saturated heterocycles. The summed E-state index contributed by atoms with van der Waals surface area (Å²) < 4.78 is 79.3. The zero-order valence-electron chi connectivity index (χ0n) is 15.2. The first-order valence-corrected chi connectivity index (χ1v) is 8.53. The molecule has 0 amide bonds. The number of aromatic nitrogens is 2. The number of nitrogens with one attached hydrogen (secondary N) is 4. The fourth-order valence-electron chi connectivity index (χ4n) is 3.07. The van der Waals surface area contributed by atoms with Crippen LogP contribution in [-0.4, -0.2) is 9.13 Å². The molecule has 0 radical (unpaired) electrons. The molecule has 4 N–H and O–H groups in total. The maximum Gasteiger partial charge on any atom is 0.416 e. The van der Waals surface area contributed by atoms with Crippen molar-refractivity contribution < 1.29 is 31.3 Å². The molecule has 162 valence electrons. The Labute approximate surface area is 169 Å². The predicted molar refractivity (Wildman–Crippen MR) is 95.1 cm³/mol. The van der Waals surface area contributed by atoms with E-state index in [0.29, 0.717) is 0 Å². The third-order valence-electron chi connectivity index (χ3n) is 4.54. The largest absolute Gasteiger partial charge is 0.416 e. The van der Waals surface area contributed by atoms with E-state index in [0.717, 1.165) is 57.7 Å². The minimum absolute atomic E-state index is 0.0701. The number of benzene rings is 2. The third kappa shape index (κ3) is 3.52. The van der Waals surface area contributed by atoms with Crippen LogP contribution in [0.25, 0.3) is 11.4 Å². The lowest BCUT2D eigenvalue weighted by atomic mass is 10.2. The van der Waals surface area contributed by atoms with Gasteiger partial charge in [0.25, 0.3) is 0 Å². The Morgan fingerprint density at radius 2 is 0.935 bits per heavy atom. The highest BCUT2D eigenvalue weighted by Crippen LogP contribution is 2.33. The fraction of sp³-hybridized carbons (Fsp3) is 0.111. The first-order chi connectivity index (χ1) is 14.5. The van der Waals surface area contributed by atoms with Crippen molar-refractivity contribution >= 4 is 11.6 Å². The second-order valence-electron chi connectivity index (χ2n) is 6.46. The molecular weight excluding hydrogens is 430 g/mol. The van der Waals surface area contributed by atoms with Crippen molar-refractivity contribution in [3.8, 4) is 11.4 Å². The van der Waals surface area contributed by atoms with E-state index in [1.54, 1.807) is 0 Å². The van der Waals surface area contributed by atoms with E-state index in [4.69, 9.17) is 15.8 Å². The van der Waals surface area contributed by atoms with Crippen molar-refractivity contribution in [3.63, 3.8) is 0 Å². The van der Waals surface area contributed by atoms with Gasteiger partial charge in [0, 0.05) is 11.4 Å². The third-order valence-corrected chi connectivity index (χ3v) is 4.54. The summed E-state index contributed by atoms with van der Waals surface area (Å²) >= 11 is 0. The minimum Gasteiger partial charge on any atom is -0.281 e. The second-order valence-corrected chi connectivity index (χ2v) is 6.46. The summed E-state index contributed by atoms with van der Waals surface area (Å²) in [6.07, 6.45) is -9.08. The highest BCUT2D eigenvalue weighted by atomic mass is 19.4. The highest BCUT2D eigenvalue weighted by molar-refractivity contribution is 5.67. The second kappa shape index (κ2) is 6.91. The summed E-state index contributed by atoms with van der Waals surface area (Å²) in [5.74, 6) is 0.140. The first-order valence-electron chi connectivity index (χ1n) is 8.53. The highest BCUT2D eigenvalue weighted by Gasteiger charge is 2.31. The molecule has 0 bridgehead atoms. The Bertz CT molecular complexity index is 1160. The van der Waals surface area contributed by atoms with Crippen molar-refractivity contribution in [1.82, 2.24) is 9.13 Å². The Morgan fingerprint density at radius 3 is 1.23 bits per heavy atom. The normalized spacial score (nSPS) is 13.5. The summed E-state index contributed by atoms with van der Waals surface area (Å²) in [5, 5.41) is 16.7. The number of fused-ring (bicyclic) bond motifs is 1. The van der Waals surface area contributed by atoms with Crippen LogP contribution in [0.3, 0.4) is 0 Å². The molecular formula is C18H12F6N6O. The zero-order chi connectivity index (χ0) is 22.6. The molecule has 0 atom stereocenters. The van der Waals surface area contributed by atoms with Crippen LogP contribution in [0.1, 0.15) is 11.1 Å². The van der Waals surface area contributed by atoms with Gasteiger partial charge in [-0.15, -0.1) is 0 Å². The average Bonchev–Trinajstić information content (AvgIpc) is 3.17. The molecule has 0 aliphatic carbocycles. The van der Waals surface area contributed by atoms with E-state index in [-0.39, 0.29) is 23.0 Å². The summed E-state index contributed by atoms with van der Waals surface area (Å²) in [7, 11) is 0. The molecule has 0 fully saturated rings. The molecule has 1 aliphatic heterocycles. The molecule has 3 aromatic rings. The molecule has 4 rings (SSSR count). The maximum absolute atomic E-state index is 12.8. The van der Waals surface area contributed by atoms with Gasteiger partial charge in [0.05, 0.1) is 11.1 Å². The van der Waals surface area contributed by atoms with E-state index < -0.39 is 34.5 Å². The molecule has 2 heterocycles. The minimum atomic E-state index is -4.54. The van der Waals surface area contributed by atoms with Crippen molar-refractivity contribution in [1.29, 1.82) is 10.8 Å². The Kier molecular flexibility index (Phi) is 4.57. The Morgan fingerprint density at radius 1 is 0.613 bits per heavy atom. The van der Waals surface area contributed by atoms with Crippen LogP contribution in [0.15, 0.2) is 48.5 Å². The molecule has 2 aromatic carbocycles. The number of hydrogen-bond donors (Lipinski definition) is 4. The molecule has 0 unspecified atom stereocenters. The number of hydrogen-bond acceptors (Lipinski definition) is 5. The van der Waals surface area contributed by atoms with Gasteiger partial charge in [-0.25, -0.2) is 11.0 Å². The van der Waals surface area contributed by atoms with E-state index in [1.165, 1.54) is 0 Å². The van der Waals surface area contributed by atoms with Crippen LogP contribution < -0.4 is 21.9 Å². The average molecular weight is 442 g/mol. The van der Waals surface area contributed by atoms with Crippen LogP contribution in [0.5, 0.6) is 0 Å². The van der Waals surface area contributed by atoms with Crippen LogP contribution in [0.2, 0.25) is 0 Å². The topological polar surface area (TPSA) is 90.9 Å². The Balaban J connectivity index is 1.88. The summed E-state index contributed by atoms with van der Waals surface area (Å²) in [4.78, 5) is 4.94. The van der Waals surface area contributed by atoms with E-state index in [2.05, 4.69) is 11.0 Å². The first kappa shape index (κ1) is 20.5. The summed E-state index contributed by atoms with van der Waals surface area (Å²) in [5.41, 5.74) is 2.52. The Hall–Kier alpha value is -3.74.